The highest BCUT2D eigenvalue weighted by molar-refractivity contribution is 7.16. The van der Waals surface area contributed by atoms with E-state index in [1.165, 1.54) is 11.3 Å². The summed E-state index contributed by atoms with van der Waals surface area (Å²) < 4.78 is 0.659. The number of benzene rings is 2. The number of para-hydroxylation sites is 1. The van der Waals surface area contributed by atoms with Gasteiger partial charge in [0, 0.05) is 28.4 Å². The molecule has 0 aliphatic rings. The normalized spacial score (nSPS) is 11.9. The van der Waals surface area contributed by atoms with Crippen molar-refractivity contribution < 1.29 is 9.59 Å². The zero-order valence-electron chi connectivity index (χ0n) is 16.3. The molecule has 0 aliphatic heterocycles. The van der Waals surface area contributed by atoms with Crippen LogP contribution >= 0.6 is 34.5 Å². The first-order chi connectivity index (χ1) is 15.0. The molecule has 2 aromatic carbocycles. The molecule has 0 spiro atoms. The molecule has 0 radical (unpaired) electrons. The first-order valence-corrected chi connectivity index (χ1v) is 11.2. The van der Waals surface area contributed by atoms with Crippen molar-refractivity contribution in [3.63, 3.8) is 0 Å². The van der Waals surface area contributed by atoms with E-state index in [9.17, 15) is 9.59 Å². The van der Waals surface area contributed by atoms with Crippen LogP contribution in [0.1, 0.15) is 20.8 Å². The van der Waals surface area contributed by atoms with E-state index in [0.29, 0.717) is 27.9 Å². The minimum Gasteiger partial charge on any atom is -0.361 e. The van der Waals surface area contributed by atoms with Crippen molar-refractivity contribution in [3.05, 3.63) is 92.2 Å². The fourth-order valence-electron chi connectivity index (χ4n) is 3.36. The topological polar surface area (TPSA) is 74.0 Å². The molecule has 2 heterocycles. The summed E-state index contributed by atoms with van der Waals surface area (Å²) in [4.78, 5) is 30.0. The van der Waals surface area contributed by atoms with Crippen molar-refractivity contribution in [1.29, 1.82) is 0 Å². The van der Waals surface area contributed by atoms with Crippen LogP contribution in [-0.2, 0) is 17.8 Å². The summed E-state index contributed by atoms with van der Waals surface area (Å²) in [6, 6.07) is 17.5. The quantitative estimate of drug-likeness (QED) is 0.346. The molecule has 8 heteroatoms. The molecular formula is C23H19Cl2N3O2S. The van der Waals surface area contributed by atoms with Gasteiger partial charge < -0.3 is 15.6 Å². The molecule has 31 heavy (non-hydrogen) atoms. The first-order valence-electron chi connectivity index (χ1n) is 9.63. The molecule has 0 fully saturated rings. The van der Waals surface area contributed by atoms with E-state index in [-0.39, 0.29) is 5.91 Å². The van der Waals surface area contributed by atoms with Crippen molar-refractivity contribution in [1.82, 2.24) is 15.6 Å². The van der Waals surface area contributed by atoms with Gasteiger partial charge in [0.2, 0.25) is 5.91 Å². The van der Waals surface area contributed by atoms with Crippen molar-refractivity contribution in [2.75, 3.05) is 0 Å². The third kappa shape index (κ3) is 5.10. The predicted molar refractivity (Wildman–Crippen MR) is 126 cm³/mol. The van der Waals surface area contributed by atoms with Crippen molar-refractivity contribution in [3.8, 4) is 0 Å². The Labute approximate surface area is 193 Å². The number of rotatable bonds is 7. The smallest absolute Gasteiger partial charge is 0.253 e. The number of carbonyl (C=O) groups excluding carboxylic acids is 2. The molecule has 0 saturated carbocycles. The molecular weight excluding hydrogens is 453 g/mol. The molecule has 2 amide bonds. The zero-order chi connectivity index (χ0) is 21.8. The van der Waals surface area contributed by atoms with E-state index >= 15 is 0 Å². The Balaban J connectivity index is 1.55. The van der Waals surface area contributed by atoms with Gasteiger partial charge in [-0.05, 0) is 35.9 Å². The summed E-state index contributed by atoms with van der Waals surface area (Å²) in [5, 5.41) is 7.09. The molecule has 0 bridgehead atoms. The van der Waals surface area contributed by atoms with Crippen LogP contribution in [0.15, 0.2) is 66.9 Å². The van der Waals surface area contributed by atoms with Crippen LogP contribution in [0.3, 0.4) is 0 Å². The lowest BCUT2D eigenvalue weighted by atomic mass is 10.0. The highest BCUT2D eigenvalue weighted by Gasteiger charge is 2.24. The van der Waals surface area contributed by atoms with Crippen LogP contribution < -0.4 is 10.6 Å². The Morgan fingerprint density at radius 2 is 1.77 bits per heavy atom. The van der Waals surface area contributed by atoms with Gasteiger partial charge in [-0.1, -0.05) is 53.5 Å². The van der Waals surface area contributed by atoms with Crippen molar-refractivity contribution in [2.24, 2.45) is 0 Å². The number of aromatic nitrogens is 1. The molecule has 2 aromatic heterocycles. The fraction of sp³-hybridized carbons (Fsp3) is 0.130. The SMILES string of the molecule is O=C(NC(Cc1c[nH]c2ccccc12)C(=O)NCc1ccc(Cl)s1)c1ccccc1Cl. The highest BCUT2D eigenvalue weighted by Crippen LogP contribution is 2.22. The second-order valence-electron chi connectivity index (χ2n) is 6.99. The molecule has 158 valence electrons. The van der Waals surface area contributed by atoms with Gasteiger partial charge in [0.05, 0.1) is 21.5 Å². The minimum absolute atomic E-state index is 0.282. The first kappa shape index (κ1) is 21.4. The van der Waals surface area contributed by atoms with Gasteiger partial charge in [-0.15, -0.1) is 11.3 Å². The summed E-state index contributed by atoms with van der Waals surface area (Å²) >= 11 is 13.5. The van der Waals surface area contributed by atoms with Gasteiger partial charge in [0.25, 0.3) is 5.91 Å². The van der Waals surface area contributed by atoms with E-state index < -0.39 is 11.9 Å². The Hall–Kier alpha value is -2.80. The van der Waals surface area contributed by atoms with Gasteiger partial charge in [-0.2, -0.15) is 0 Å². The van der Waals surface area contributed by atoms with Gasteiger partial charge in [-0.25, -0.2) is 0 Å². The Bertz CT molecular complexity index is 1230. The molecule has 0 aliphatic carbocycles. The summed E-state index contributed by atoms with van der Waals surface area (Å²) in [5.41, 5.74) is 2.24. The second-order valence-corrected chi connectivity index (χ2v) is 9.20. The van der Waals surface area contributed by atoms with E-state index in [1.807, 2.05) is 36.5 Å². The molecule has 5 nitrogen and oxygen atoms in total. The maximum Gasteiger partial charge on any atom is 0.253 e. The lowest BCUT2D eigenvalue weighted by Crippen LogP contribution is -2.47. The van der Waals surface area contributed by atoms with Crippen LogP contribution in [0.5, 0.6) is 0 Å². The van der Waals surface area contributed by atoms with Crippen molar-refractivity contribution in [2.45, 2.75) is 19.0 Å². The van der Waals surface area contributed by atoms with Gasteiger partial charge in [0.1, 0.15) is 6.04 Å². The van der Waals surface area contributed by atoms with Gasteiger partial charge in [-0.3, -0.25) is 9.59 Å². The minimum atomic E-state index is -0.779. The molecule has 1 unspecified atom stereocenters. The number of nitrogens with one attached hydrogen (secondary N) is 3. The summed E-state index contributed by atoms with van der Waals surface area (Å²) in [5.74, 6) is -0.681. The lowest BCUT2D eigenvalue weighted by molar-refractivity contribution is -0.123. The van der Waals surface area contributed by atoms with Crippen LogP contribution in [0.4, 0.5) is 0 Å². The second kappa shape index (κ2) is 9.56. The van der Waals surface area contributed by atoms with Gasteiger partial charge >= 0.3 is 0 Å². The highest BCUT2D eigenvalue weighted by atomic mass is 35.5. The molecule has 4 aromatic rings. The molecule has 0 saturated heterocycles. The number of carbonyl (C=O) groups is 2. The maximum absolute atomic E-state index is 13.0. The van der Waals surface area contributed by atoms with Crippen LogP contribution in [0, 0.1) is 0 Å². The van der Waals surface area contributed by atoms with E-state index in [1.54, 1.807) is 30.3 Å². The third-order valence-corrected chi connectivity index (χ3v) is 6.47. The molecule has 3 N–H and O–H groups in total. The third-order valence-electron chi connectivity index (χ3n) is 4.90. The van der Waals surface area contributed by atoms with E-state index in [4.69, 9.17) is 23.2 Å². The average Bonchev–Trinajstić information content (AvgIpc) is 3.38. The largest absolute Gasteiger partial charge is 0.361 e. The number of thiophene rings is 1. The van der Waals surface area contributed by atoms with Crippen LogP contribution in [-0.4, -0.2) is 22.8 Å². The van der Waals surface area contributed by atoms with E-state index in [0.717, 1.165) is 21.3 Å². The van der Waals surface area contributed by atoms with E-state index in [2.05, 4.69) is 15.6 Å². The number of aromatic amines is 1. The summed E-state index contributed by atoms with van der Waals surface area (Å²) in [6.45, 7) is 0.336. The standard InChI is InChI=1S/C23H19Cl2N3O2S/c24-18-7-3-1-6-17(18)22(29)28-20(23(30)27-13-15-9-10-21(25)31-15)11-14-12-26-19-8-4-2-5-16(14)19/h1-10,12,20,26H,11,13H2,(H,27,30)(H,28,29). The van der Waals surface area contributed by atoms with Gasteiger partial charge in [0.15, 0.2) is 0 Å². The number of amides is 2. The predicted octanol–water partition coefficient (Wildman–Crippen LogP) is 5.19. The van der Waals surface area contributed by atoms with Crippen LogP contribution in [0.2, 0.25) is 9.36 Å². The zero-order valence-corrected chi connectivity index (χ0v) is 18.7. The fourth-order valence-corrected chi connectivity index (χ4v) is 4.60. The lowest BCUT2D eigenvalue weighted by Gasteiger charge is -2.19. The molecule has 1 atom stereocenters. The summed E-state index contributed by atoms with van der Waals surface area (Å²) in [6.07, 6.45) is 2.20. The number of hydrogen-bond donors (Lipinski definition) is 3. The number of fused-ring (bicyclic) bond motifs is 1. The number of halogens is 2. The number of H-pyrrole nitrogens is 1. The average molecular weight is 472 g/mol. The Morgan fingerprint density at radius 1 is 1.00 bits per heavy atom. The maximum atomic E-state index is 13.0. The van der Waals surface area contributed by atoms with Crippen LogP contribution in [0.25, 0.3) is 10.9 Å². The monoisotopic (exact) mass is 471 g/mol. The Kier molecular flexibility index (Phi) is 6.61. The number of hydrogen-bond acceptors (Lipinski definition) is 3. The summed E-state index contributed by atoms with van der Waals surface area (Å²) in [7, 11) is 0. The van der Waals surface area contributed by atoms with Crippen molar-refractivity contribution >= 4 is 57.3 Å². The molecule has 4 rings (SSSR count). The Morgan fingerprint density at radius 3 is 2.55 bits per heavy atom.